The van der Waals surface area contributed by atoms with Crippen molar-refractivity contribution < 1.29 is 64.1 Å². The molecule has 4 N–H and O–H groups in total. The maximum atomic E-state index is 15.4. The number of fused-ring (bicyclic) bond motifs is 2. The maximum Gasteiger partial charge on any atom is 0.490 e. The van der Waals surface area contributed by atoms with Gasteiger partial charge in [-0.2, -0.15) is 17.6 Å². The van der Waals surface area contributed by atoms with Gasteiger partial charge in [0.15, 0.2) is 0 Å². The van der Waals surface area contributed by atoms with Crippen LogP contribution in [-0.2, 0) is 9.47 Å². The number of alkyl halides is 4. The van der Waals surface area contributed by atoms with Crippen LogP contribution in [0.5, 0.6) is 11.8 Å². The number of nitrogens with zero attached hydrogens (tertiary/aromatic N) is 10. The van der Waals surface area contributed by atoms with Gasteiger partial charge < -0.3 is 49.4 Å². The zero-order chi connectivity index (χ0) is 62.0. The number of ether oxygens (including phenoxy) is 4. The van der Waals surface area contributed by atoms with Crippen molar-refractivity contribution in [3.63, 3.8) is 0 Å². The average Bonchev–Trinajstić information content (AvgIpc) is 1.00. The van der Waals surface area contributed by atoms with E-state index in [9.17, 15) is 26.3 Å². The van der Waals surface area contributed by atoms with E-state index in [1.54, 1.807) is 56.0 Å². The van der Waals surface area contributed by atoms with Gasteiger partial charge in [0.25, 0.3) is 0 Å². The lowest BCUT2D eigenvalue weighted by Gasteiger charge is -2.28. The molecule has 0 amide bonds. The van der Waals surface area contributed by atoms with E-state index in [1.807, 2.05) is 37.3 Å². The second-order valence-corrected chi connectivity index (χ2v) is 20.6. The molecule has 0 radical (unpaired) electrons. The van der Waals surface area contributed by atoms with Gasteiger partial charge in [-0.05, 0) is 66.8 Å². The number of hydrogen-bond donors (Lipinski definition) is 4. The van der Waals surface area contributed by atoms with Gasteiger partial charge in [-0.1, -0.05) is 18.2 Å². The van der Waals surface area contributed by atoms with E-state index in [1.165, 1.54) is 30.5 Å². The third-order valence-electron chi connectivity index (χ3n) is 13.8. The molecule has 0 unspecified atom stereocenters. The highest BCUT2D eigenvalue weighted by Gasteiger charge is 2.24. The Kier molecular flexibility index (Phi) is 19.9. The fourth-order valence-corrected chi connectivity index (χ4v) is 9.97. The fraction of sp³-hybridized carbons (Fsp3) is 0.200. The van der Waals surface area contributed by atoms with Gasteiger partial charge in [-0.25, -0.2) is 47.5 Å². The molecule has 0 spiro atoms. The number of rotatable bonds is 14. The topological polar surface area (TPSA) is 211 Å². The second-order valence-electron chi connectivity index (χ2n) is 19.4. The monoisotopic (exact) mass is 1320 g/mol. The third kappa shape index (κ3) is 14.9. The Bertz CT molecular complexity index is 4060. The molecule has 0 saturated carbocycles. The molecular formula is C60H50BF8IN12O6. The van der Waals surface area contributed by atoms with Crippen LogP contribution in [0.2, 0.25) is 0 Å². The first-order valence-electron chi connectivity index (χ1n) is 26.9. The number of hydrogen-bond acceptors (Lipinski definition) is 18. The minimum atomic E-state index is -3.01. The highest BCUT2D eigenvalue weighted by Crippen LogP contribution is 2.41. The number of morpholine rings is 2. The number of anilines is 6. The van der Waals surface area contributed by atoms with Crippen LogP contribution < -0.4 is 35.4 Å². The summed E-state index contributed by atoms with van der Waals surface area (Å²) in [6, 6.07) is 24.0. The van der Waals surface area contributed by atoms with Gasteiger partial charge in [0.05, 0.1) is 97.3 Å². The Morgan fingerprint density at radius 1 is 0.557 bits per heavy atom. The standard InChI is InChI=1S/C30H24F4N6O2.C24H20F2IN5O.C6H6BF2NO3/c1-17-28(22-4-2-3-7-35-22)39-24-13-19(31)12-21(32)27(24)29(17)38-23-14-25(40-8-10-41-11-9-40)36-16-20(23)18-5-6-26(37-15-18)42-30(33)34;1-14-23(18-4-2-3-5-28-18)31-20-11-15(25)10-16(26)22(20)24(14)30-19-12-21(29-13-17(19)27)32-6-8-33-9-7-32;8-6(9)13-5-2-1-4(3-10-5)7(11)12/h2-7,12-16,30H,8-11H2,1H3,(H,36,38,39);2-5,10-13H,6-9H2,1H3,(H,29,30,31);1-3,6,11-12H. The van der Waals surface area contributed by atoms with Crippen molar-refractivity contribution in [3.05, 3.63) is 172 Å². The van der Waals surface area contributed by atoms with Gasteiger partial charge in [-0.3, -0.25) is 9.97 Å². The van der Waals surface area contributed by atoms with Crippen LogP contribution in [0.15, 0.2) is 134 Å². The molecule has 2 aliphatic heterocycles. The summed E-state index contributed by atoms with van der Waals surface area (Å²) < 4.78 is 128. The van der Waals surface area contributed by atoms with Crippen molar-refractivity contribution in [2.24, 2.45) is 0 Å². The van der Waals surface area contributed by atoms with Crippen LogP contribution in [0.1, 0.15) is 11.1 Å². The molecule has 8 aromatic heterocycles. The SMILES string of the molecule is Cc1c(-c2ccccn2)nc2cc(F)cc(F)c2c1Nc1cc(N2CCOCC2)ncc1-c1ccc(OC(F)F)nc1.Cc1c(-c2ccccn2)nc2cc(F)cc(F)c2c1Nc1cc(N2CCOCC2)ncc1I.OB(O)c1ccc(OC(F)F)nc1. The van der Waals surface area contributed by atoms with Crippen LogP contribution in [-0.4, -0.2) is 123 Å². The van der Waals surface area contributed by atoms with Crippen molar-refractivity contribution in [2.75, 3.05) is 73.0 Å². The highest BCUT2D eigenvalue weighted by atomic mass is 127. The lowest BCUT2D eigenvalue weighted by Crippen LogP contribution is -2.36. The molecule has 18 nitrogen and oxygen atoms in total. The van der Waals surface area contributed by atoms with Gasteiger partial charge >= 0.3 is 20.3 Å². The van der Waals surface area contributed by atoms with Crippen molar-refractivity contribution >= 4 is 91.4 Å². The summed E-state index contributed by atoms with van der Waals surface area (Å²) in [6.45, 7) is 2.84. The molecule has 10 heterocycles. The summed E-state index contributed by atoms with van der Waals surface area (Å²) in [7, 11) is -1.66. The molecule has 2 fully saturated rings. The van der Waals surface area contributed by atoms with E-state index in [4.69, 9.17) is 19.5 Å². The van der Waals surface area contributed by atoms with Crippen molar-refractivity contribution in [3.8, 4) is 45.7 Å². The Labute approximate surface area is 510 Å². The Hall–Kier alpha value is -8.97. The molecule has 2 saturated heterocycles. The lowest BCUT2D eigenvalue weighted by atomic mass is 9.82. The predicted molar refractivity (Wildman–Crippen MR) is 324 cm³/mol. The summed E-state index contributed by atoms with van der Waals surface area (Å²) in [5, 5.41) is 24.3. The Balaban J connectivity index is 0.000000165. The van der Waals surface area contributed by atoms with Crippen LogP contribution in [0, 0.1) is 40.7 Å². The highest BCUT2D eigenvalue weighted by molar-refractivity contribution is 14.1. The quantitative estimate of drug-likeness (QED) is 0.0453. The summed E-state index contributed by atoms with van der Waals surface area (Å²) in [6.07, 6.45) is 9.13. The largest absolute Gasteiger partial charge is 0.490 e. The first-order chi connectivity index (χ1) is 42.5. The van der Waals surface area contributed by atoms with E-state index in [-0.39, 0.29) is 39.0 Å². The van der Waals surface area contributed by atoms with Crippen LogP contribution >= 0.6 is 22.6 Å². The smallest absolute Gasteiger partial charge is 0.423 e. The molecule has 28 heteroatoms. The number of halogens is 9. The summed E-state index contributed by atoms with van der Waals surface area (Å²) in [4.78, 5) is 38.7. The van der Waals surface area contributed by atoms with Crippen LogP contribution in [0.25, 0.3) is 55.7 Å². The number of pyridine rings is 8. The van der Waals surface area contributed by atoms with Crippen LogP contribution in [0.3, 0.4) is 0 Å². The molecule has 0 bridgehead atoms. The van der Waals surface area contributed by atoms with E-state index in [0.29, 0.717) is 107 Å². The molecule has 2 aliphatic rings. The van der Waals surface area contributed by atoms with E-state index in [2.05, 4.69) is 92.4 Å². The van der Waals surface area contributed by atoms with E-state index >= 15 is 8.78 Å². The molecule has 10 aromatic rings. The summed E-state index contributed by atoms with van der Waals surface area (Å²) >= 11 is 2.19. The fourth-order valence-electron chi connectivity index (χ4n) is 9.54. The number of benzene rings is 2. The van der Waals surface area contributed by atoms with Gasteiger partial charge in [0.2, 0.25) is 11.8 Å². The molecule has 88 heavy (non-hydrogen) atoms. The number of aromatic nitrogens is 8. The van der Waals surface area contributed by atoms with Crippen molar-refractivity contribution in [1.82, 2.24) is 39.9 Å². The maximum absolute atomic E-state index is 15.4. The zero-order valence-electron chi connectivity index (χ0n) is 46.5. The molecule has 0 atom stereocenters. The summed E-state index contributed by atoms with van der Waals surface area (Å²) in [5.74, 6) is -1.92. The second kappa shape index (κ2) is 28.2. The minimum absolute atomic E-state index is 0.100. The van der Waals surface area contributed by atoms with Crippen molar-refractivity contribution in [1.29, 1.82) is 0 Å². The first-order valence-corrected chi connectivity index (χ1v) is 28.0. The van der Waals surface area contributed by atoms with Gasteiger partial charge in [0.1, 0.15) is 34.9 Å². The molecule has 12 rings (SSSR count). The average molecular weight is 1320 g/mol. The summed E-state index contributed by atoms with van der Waals surface area (Å²) in [5.41, 5.74) is 7.23. The normalized spacial score (nSPS) is 13.2. The van der Waals surface area contributed by atoms with Gasteiger partial charge in [-0.15, -0.1) is 0 Å². The van der Waals surface area contributed by atoms with E-state index in [0.717, 1.165) is 52.6 Å². The Morgan fingerprint density at radius 3 is 1.48 bits per heavy atom. The first kappa shape index (κ1) is 62.1. The van der Waals surface area contributed by atoms with Crippen molar-refractivity contribution in [2.45, 2.75) is 27.1 Å². The molecular weight excluding hydrogens is 1270 g/mol. The number of nitrogens with one attached hydrogen (secondary N) is 2. The van der Waals surface area contributed by atoms with Gasteiger partial charge in [0, 0.05) is 140 Å². The third-order valence-corrected chi connectivity index (χ3v) is 14.6. The molecule has 452 valence electrons. The van der Waals surface area contributed by atoms with Crippen LogP contribution in [0.4, 0.5) is 69.5 Å². The Morgan fingerprint density at radius 2 is 1.03 bits per heavy atom. The zero-order valence-corrected chi connectivity index (χ0v) is 48.6. The molecule has 0 aliphatic carbocycles. The predicted octanol–water partition coefficient (Wildman–Crippen LogP) is 11.3. The van der Waals surface area contributed by atoms with E-state index < -0.39 is 43.6 Å². The lowest BCUT2D eigenvalue weighted by molar-refractivity contribution is -0.0535. The molecule has 2 aromatic carbocycles. The minimum Gasteiger partial charge on any atom is -0.423 e.